The summed E-state index contributed by atoms with van der Waals surface area (Å²) in [4.78, 5) is 16.5. The summed E-state index contributed by atoms with van der Waals surface area (Å²) in [7, 11) is 0. The molecule has 2 heterocycles. The molecule has 1 unspecified atom stereocenters. The molecule has 25 heavy (non-hydrogen) atoms. The Bertz CT molecular complexity index is 646. The maximum absolute atomic E-state index is 12.3. The molecule has 2 N–H and O–H groups in total. The Morgan fingerprint density at radius 2 is 1.96 bits per heavy atom. The SMILES string of the molecule is Cl.Cl.O=C(NCCC1CCCNC1)c1cncc(-c2ccccc2)c1. The molecule has 1 amide bonds. The first-order chi connectivity index (χ1) is 11.3. The number of halogens is 2. The van der Waals surface area contributed by atoms with Gasteiger partial charge in [0.1, 0.15) is 0 Å². The molecule has 1 saturated heterocycles. The van der Waals surface area contributed by atoms with Crippen LogP contribution in [0.1, 0.15) is 29.6 Å². The van der Waals surface area contributed by atoms with E-state index < -0.39 is 0 Å². The van der Waals surface area contributed by atoms with Gasteiger partial charge in [0, 0.05) is 24.5 Å². The Morgan fingerprint density at radius 1 is 1.16 bits per heavy atom. The third-order valence-electron chi connectivity index (χ3n) is 4.34. The van der Waals surface area contributed by atoms with Crippen LogP contribution in [0.2, 0.25) is 0 Å². The molecule has 0 saturated carbocycles. The van der Waals surface area contributed by atoms with Crippen LogP contribution in [0.15, 0.2) is 48.8 Å². The van der Waals surface area contributed by atoms with Crippen molar-refractivity contribution in [1.82, 2.24) is 15.6 Å². The lowest BCUT2D eigenvalue weighted by molar-refractivity contribution is 0.0950. The molecule has 136 valence electrons. The van der Waals surface area contributed by atoms with Gasteiger partial charge in [-0.3, -0.25) is 9.78 Å². The highest BCUT2D eigenvalue weighted by Gasteiger charge is 2.13. The van der Waals surface area contributed by atoms with Crippen LogP contribution in [0.3, 0.4) is 0 Å². The van der Waals surface area contributed by atoms with E-state index in [0.717, 1.165) is 37.2 Å². The van der Waals surface area contributed by atoms with E-state index in [1.165, 1.54) is 12.8 Å². The van der Waals surface area contributed by atoms with Crippen molar-refractivity contribution in [2.24, 2.45) is 5.92 Å². The second-order valence-corrected chi connectivity index (χ2v) is 6.09. The number of aromatic nitrogens is 1. The summed E-state index contributed by atoms with van der Waals surface area (Å²) in [5, 5.41) is 6.43. The summed E-state index contributed by atoms with van der Waals surface area (Å²) in [6, 6.07) is 11.9. The summed E-state index contributed by atoms with van der Waals surface area (Å²) in [5.74, 6) is 0.636. The number of nitrogens with zero attached hydrogens (tertiary/aromatic N) is 1. The first-order valence-corrected chi connectivity index (χ1v) is 8.32. The number of hydrogen-bond donors (Lipinski definition) is 2. The van der Waals surface area contributed by atoms with Gasteiger partial charge in [-0.2, -0.15) is 0 Å². The van der Waals surface area contributed by atoms with Gasteiger partial charge in [-0.1, -0.05) is 30.3 Å². The number of nitrogens with one attached hydrogen (secondary N) is 2. The fourth-order valence-corrected chi connectivity index (χ4v) is 3.01. The minimum absolute atomic E-state index is 0. The quantitative estimate of drug-likeness (QED) is 0.829. The lowest BCUT2D eigenvalue weighted by Gasteiger charge is -2.22. The molecule has 1 fully saturated rings. The molecule has 1 aromatic heterocycles. The van der Waals surface area contributed by atoms with Crippen molar-refractivity contribution in [3.63, 3.8) is 0 Å². The highest BCUT2D eigenvalue weighted by molar-refractivity contribution is 5.95. The third-order valence-corrected chi connectivity index (χ3v) is 4.34. The number of benzene rings is 1. The zero-order valence-electron chi connectivity index (χ0n) is 14.1. The monoisotopic (exact) mass is 381 g/mol. The summed E-state index contributed by atoms with van der Waals surface area (Å²) in [6.07, 6.45) is 6.95. The van der Waals surface area contributed by atoms with Crippen LogP contribution in [0.25, 0.3) is 11.1 Å². The van der Waals surface area contributed by atoms with Gasteiger partial charge in [0.25, 0.3) is 5.91 Å². The number of pyridine rings is 1. The molecule has 1 atom stereocenters. The molecule has 0 radical (unpaired) electrons. The smallest absolute Gasteiger partial charge is 0.252 e. The number of hydrogen-bond acceptors (Lipinski definition) is 3. The average molecular weight is 382 g/mol. The van der Waals surface area contributed by atoms with Crippen LogP contribution >= 0.6 is 24.8 Å². The normalized spacial score (nSPS) is 16.2. The summed E-state index contributed by atoms with van der Waals surface area (Å²) in [6.45, 7) is 2.92. The molecule has 3 rings (SSSR count). The van der Waals surface area contributed by atoms with E-state index in [2.05, 4.69) is 15.6 Å². The topological polar surface area (TPSA) is 54.0 Å². The fraction of sp³-hybridized carbons (Fsp3) is 0.368. The van der Waals surface area contributed by atoms with E-state index in [0.29, 0.717) is 11.5 Å². The standard InChI is InChI=1S/C19H23N3O.2ClH/c23-19(22-10-8-15-5-4-9-20-12-15)18-11-17(13-21-14-18)16-6-2-1-3-7-16;;/h1-3,6-7,11,13-15,20H,4-5,8-10,12H2,(H,22,23);2*1H. The maximum atomic E-state index is 12.3. The van der Waals surface area contributed by atoms with Crippen molar-refractivity contribution in [2.45, 2.75) is 19.3 Å². The van der Waals surface area contributed by atoms with Crippen LogP contribution in [0.5, 0.6) is 0 Å². The van der Waals surface area contributed by atoms with Gasteiger partial charge in [-0.05, 0) is 49.9 Å². The van der Waals surface area contributed by atoms with Gasteiger partial charge in [0.05, 0.1) is 5.56 Å². The van der Waals surface area contributed by atoms with E-state index in [9.17, 15) is 4.79 Å². The minimum atomic E-state index is -0.0425. The van der Waals surface area contributed by atoms with Crippen molar-refractivity contribution < 1.29 is 4.79 Å². The molecule has 4 nitrogen and oxygen atoms in total. The first kappa shape index (κ1) is 21.4. The Morgan fingerprint density at radius 3 is 2.68 bits per heavy atom. The number of carbonyl (C=O) groups is 1. The number of piperidine rings is 1. The summed E-state index contributed by atoms with van der Waals surface area (Å²) in [5.41, 5.74) is 2.66. The molecule has 1 aliphatic rings. The van der Waals surface area contributed by atoms with Gasteiger partial charge < -0.3 is 10.6 Å². The lowest BCUT2D eigenvalue weighted by atomic mass is 9.96. The van der Waals surface area contributed by atoms with E-state index in [1.54, 1.807) is 12.4 Å². The molecule has 0 spiro atoms. The molecule has 1 aromatic carbocycles. The Labute approximate surface area is 161 Å². The zero-order valence-corrected chi connectivity index (χ0v) is 15.7. The molecular weight excluding hydrogens is 357 g/mol. The number of carbonyl (C=O) groups excluding carboxylic acids is 1. The van der Waals surface area contributed by atoms with Gasteiger partial charge in [0.15, 0.2) is 0 Å². The maximum Gasteiger partial charge on any atom is 0.252 e. The summed E-state index contributed by atoms with van der Waals surface area (Å²) < 4.78 is 0. The van der Waals surface area contributed by atoms with Crippen LogP contribution in [-0.2, 0) is 0 Å². The van der Waals surface area contributed by atoms with Gasteiger partial charge in [-0.15, -0.1) is 24.8 Å². The minimum Gasteiger partial charge on any atom is -0.352 e. The van der Waals surface area contributed by atoms with Crippen LogP contribution in [0, 0.1) is 5.92 Å². The predicted molar refractivity (Wildman–Crippen MR) is 107 cm³/mol. The van der Waals surface area contributed by atoms with E-state index >= 15 is 0 Å². The first-order valence-electron chi connectivity index (χ1n) is 8.32. The Hall–Kier alpha value is -1.62. The summed E-state index contributed by atoms with van der Waals surface area (Å²) >= 11 is 0. The zero-order chi connectivity index (χ0) is 15.9. The predicted octanol–water partition coefficient (Wildman–Crippen LogP) is 3.71. The van der Waals surface area contributed by atoms with Gasteiger partial charge in [0.2, 0.25) is 0 Å². The molecular formula is C19H25Cl2N3O. The largest absolute Gasteiger partial charge is 0.352 e. The molecule has 2 aromatic rings. The molecule has 0 aliphatic carbocycles. The third kappa shape index (κ3) is 6.31. The van der Waals surface area contributed by atoms with Crippen molar-refractivity contribution in [3.05, 3.63) is 54.4 Å². The molecule has 1 aliphatic heterocycles. The van der Waals surface area contributed by atoms with Gasteiger partial charge >= 0.3 is 0 Å². The van der Waals surface area contributed by atoms with Crippen LogP contribution < -0.4 is 10.6 Å². The van der Waals surface area contributed by atoms with Crippen molar-refractivity contribution >= 4 is 30.7 Å². The van der Waals surface area contributed by atoms with Gasteiger partial charge in [-0.25, -0.2) is 0 Å². The van der Waals surface area contributed by atoms with Crippen molar-refractivity contribution in [3.8, 4) is 11.1 Å². The van der Waals surface area contributed by atoms with E-state index in [1.807, 2.05) is 36.4 Å². The van der Waals surface area contributed by atoms with E-state index in [4.69, 9.17) is 0 Å². The van der Waals surface area contributed by atoms with Crippen molar-refractivity contribution in [1.29, 1.82) is 0 Å². The average Bonchev–Trinajstić information content (AvgIpc) is 2.63. The van der Waals surface area contributed by atoms with Crippen LogP contribution in [-0.4, -0.2) is 30.5 Å². The molecule has 0 bridgehead atoms. The highest BCUT2D eigenvalue weighted by Crippen LogP contribution is 2.19. The number of amides is 1. The van der Waals surface area contributed by atoms with Crippen LogP contribution in [0.4, 0.5) is 0 Å². The molecule has 6 heteroatoms. The fourth-order valence-electron chi connectivity index (χ4n) is 3.01. The highest BCUT2D eigenvalue weighted by atomic mass is 35.5. The van der Waals surface area contributed by atoms with Crippen molar-refractivity contribution in [2.75, 3.05) is 19.6 Å². The number of rotatable bonds is 5. The van der Waals surface area contributed by atoms with E-state index in [-0.39, 0.29) is 30.7 Å². The lowest BCUT2D eigenvalue weighted by Crippen LogP contribution is -2.33. The second-order valence-electron chi connectivity index (χ2n) is 6.09. The second kappa shape index (κ2) is 11.1. The Kier molecular flexibility index (Phi) is 9.50. The Balaban J connectivity index is 0.00000156.